The molecule has 16 heavy (non-hydrogen) atoms. The lowest BCUT2D eigenvalue weighted by molar-refractivity contribution is -0.163. The maximum Gasteiger partial charge on any atom is 0.330 e. The zero-order valence-electron chi connectivity index (χ0n) is 10.0. The first-order chi connectivity index (χ1) is 7.52. The highest BCUT2D eigenvalue weighted by Crippen LogP contribution is 1.99. The van der Waals surface area contributed by atoms with Crippen LogP contribution in [0.4, 0.5) is 0 Å². The van der Waals surface area contributed by atoms with Gasteiger partial charge in [0.25, 0.3) is 5.91 Å². The number of amides is 1. The maximum atomic E-state index is 11.5. The molecule has 0 aromatic carbocycles. The molecule has 0 aromatic rings. The van der Waals surface area contributed by atoms with Crippen molar-refractivity contribution >= 4 is 11.9 Å². The third-order valence-electron chi connectivity index (χ3n) is 1.76. The van der Waals surface area contributed by atoms with Gasteiger partial charge in [0.2, 0.25) is 0 Å². The number of rotatable bonds is 5. The molecule has 0 radical (unpaired) electrons. The van der Waals surface area contributed by atoms with Crippen molar-refractivity contribution in [2.75, 3.05) is 20.8 Å². The number of hydrogen-bond acceptors (Lipinski definition) is 4. The highest BCUT2D eigenvalue weighted by Gasteiger charge is 2.08. The van der Waals surface area contributed by atoms with Gasteiger partial charge in [0.1, 0.15) is 0 Å². The van der Waals surface area contributed by atoms with Crippen LogP contribution in [0.2, 0.25) is 0 Å². The van der Waals surface area contributed by atoms with Crippen molar-refractivity contribution in [2.24, 2.45) is 0 Å². The van der Waals surface area contributed by atoms with Crippen LogP contribution in [0.25, 0.3) is 0 Å². The third-order valence-corrected chi connectivity index (χ3v) is 1.76. The van der Waals surface area contributed by atoms with Crippen LogP contribution < -0.4 is 0 Å². The van der Waals surface area contributed by atoms with Gasteiger partial charge in [-0.15, -0.1) is 0 Å². The summed E-state index contributed by atoms with van der Waals surface area (Å²) < 4.78 is 4.68. The normalized spacial score (nSPS) is 11.6. The first-order valence-electron chi connectivity index (χ1n) is 4.86. The van der Waals surface area contributed by atoms with Crippen molar-refractivity contribution in [3.05, 3.63) is 23.8 Å². The van der Waals surface area contributed by atoms with Crippen LogP contribution in [0.1, 0.15) is 13.8 Å². The molecule has 90 valence electrons. The Kier molecular flexibility index (Phi) is 6.87. The molecule has 0 atom stereocenters. The Hall–Kier alpha value is -1.62. The molecule has 0 aliphatic heterocycles. The molecular weight excluding hydrogens is 210 g/mol. The van der Waals surface area contributed by atoms with Crippen LogP contribution in [0.3, 0.4) is 0 Å². The van der Waals surface area contributed by atoms with E-state index in [1.165, 1.54) is 32.4 Å². The molecule has 0 unspecified atom stereocenters. The fourth-order valence-electron chi connectivity index (χ4n) is 0.864. The molecular formula is C11H17NO4. The van der Waals surface area contributed by atoms with Crippen molar-refractivity contribution in [1.82, 2.24) is 5.06 Å². The fourth-order valence-corrected chi connectivity index (χ4v) is 0.864. The van der Waals surface area contributed by atoms with Crippen LogP contribution in [0.5, 0.6) is 0 Å². The summed E-state index contributed by atoms with van der Waals surface area (Å²) in [6.07, 6.45) is 4.25. The minimum Gasteiger partial charge on any atom is -0.463 e. The van der Waals surface area contributed by atoms with E-state index < -0.39 is 5.97 Å². The highest BCUT2D eigenvalue weighted by atomic mass is 16.7. The van der Waals surface area contributed by atoms with Gasteiger partial charge >= 0.3 is 5.97 Å². The predicted molar refractivity (Wildman–Crippen MR) is 59.3 cm³/mol. The Bertz CT molecular complexity index is 307. The zero-order valence-corrected chi connectivity index (χ0v) is 10.0. The van der Waals surface area contributed by atoms with Crippen molar-refractivity contribution in [1.29, 1.82) is 0 Å². The van der Waals surface area contributed by atoms with Crippen molar-refractivity contribution in [3.63, 3.8) is 0 Å². The molecule has 0 bridgehead atoms. The van der Waals surface area contributed by atoms with E-state index in [0.717, 1.165) is 5.06 Å². The highest BCUT2D eigenvalue weighted by molar-refractivity contribution is 5.92. The molecule has 5 heteroatoms. The summed E-state index contributed by atoms with van der Waals surface area (Å²) in [5, 5.41) is 1.10. The van der Waals surface area contributed by atoms with Crippen LogP contribution in [-0.2, 0) is 19.2 Å². The van der Waals surface area contributed by atoms with Gasteiger partial charge in [-0.3, -0.25) is 9.63 Å². The second-order valence-corrected chi connectivity index (χ2v) is 2.95. The topological polar surface area (TPSA) is 55.8 Å². The lowest BCUT2D eigenvalue weighted by Crippen LogP contribution is -2.25. The van der Waals surface area contributed by atoms with E-state index in [-0.39, 0.29) is 5.91 Å². The maximum absolute atomic E-state index is 11.5. The molecule has 0 rings (SSSR count). The van der Waals surface area contributed by atoms with Crippen molar-refractivity contribution in [3.8, 4) is 0 Å². The van der Waals surface area contributed by atoms with Crippen LogP contribution >= 0.6 is 0 Å². The van der Waals surface area contributed by atoms with E-state index in [1.807, 2.05) is 0 Å². The average Bonchev–Trinajstić information content (AvgIpc) is 2.27. The first-order valence-corrected chi connectivity index (χ1v) is 4.86. The number of hydrogen-bond donors (Lipinski definition) is 0. The first kappa shape index (κ1) is 14.4. The number of allylic oxidation sites excluding steroid dienone is 2. The van der Waals surface area contributed by atoms with E-state index in [0.29, 0.717) is 12.2 Å². The largest absolute Gasteiger partial charge is 0.463 e. The van der Waals surface area contributed by atoms with Crippen LogP contribution in [0, 0.1) is 0 Å². The van der Waals surface area contributed by atoms with E-state index >= 15 is 0 Å². The summed E-state index contributed by atoms with van der Waals surface area (Å²) in [5.74, 6) is -0.699. The third kappa shape index (κ3) is 5.31. The Morgan fingerprint density at radius 2 is 2.00 bits per heavy atom. The molecule has 0 spiro atoms. The van der Waals surface area contributed by atoms with E-state index in [4.69, 9.17) is 4.84 Å². The summed E-state index contributed by atoms with van der Waals surface area (Å²) >= 11 is 0. The number of carbonyl (C=O) groups is 2. The van der Waals surface area contributed by atoms with Gasteiger partial charge in [-0.05, 0) is 13.8 Å². The lowest BCUT2D eigenvalue weighted by atomic mass is 10.2. The predicted octanol–water partition coefficient (Wildman–Crippen LogP) is 1.07. The van der Waals surface area contributed by atoms with Gasteiger partial charge in [0, 0.05) is 18.7 Å². The Morgan fingerprint density at radius 3 is 2.50 bits per heavy atom. The SMILES string of the molecule is CCOC(=O)/C=C/C=C(/C)C(=O)N(C)OC. The number of carbonyl (C=O) groups excluding carboxylic acids is 2. The Labute approximate surface area is 95.3 Å². The standard InChI is InChI=1S/C11H17NO4/c1-5-16-10(13)8-6-7-9(2)11(14)12(3)15-4/h6-8H,5H2,1-4H3/b8-6+,9-7-. The van der Waals surface area contributed by atoms with Gasteiger partial charge in [-0.25, -0.2) is 9.86 Å². The van der Waals surface area contributed by atoms with E-state index in [9.17, 15) is 9.59 Å². The molecule has 0 N–H and O–H groups in total. The molecule has 5 nitrogen and oxygen atoms in total. The molecule has 0 aromatic heterocycles. The summed E-state index contributed by atoms with van der Waals surface area (Å²) in [7, 11) is 2.91. The number of hydroxylamine groups is 2. The number of esters is 1. The Morgan fingerprint density at radius 1 is 1.38 bits per heavy atom. The molecule has 0 fully saturated rings. The smallest absolute Gasteiger partial charge is 0.330 e. The number of likely N-dealkylation sites (N-methyl/N-ethyl adjacent to an activating group) is 1. The van der Waals surface area contributed by atoms with E-state index in [2.05, 4.69) is 4.74 Å². The van der Waals surface area contributed by atoms with Crippen LogP contribution in [0.15, 0.2) is 23.8 Å². The second-order valence-electron chi connectivity index (χ2n) is 2.95. The lowest BCUT2D eigenvalue weighted by Gasteiger charge is -2.13. The van der Waals surface area contributed by atoms with Gasteiger partial charge < -0.3 is 4.74 Å². The van der Waals surface area contributed by atoms with Crippen LogP contribution in [-0.4, -0.2) is 37.7 Å². The average molecular weight is 227 g/mol. The molecule has 0 saturated heterocycles. The Balaban J connectivity index is 4.33. The molecule has 0 heterocycles. The zero-order chi connectivity index (χ0) is 12.6. The second kappa shape index (κ2) is 7.64. The van der Waals surface area contributed by atoms with Crippen molar-refractivity contribution in [2.45, 2.75) is 13.8 Å². The summed E-state index contributed by atoms with van der Waals surface area (Å²) in [6.45, 7) is 3.69. The monoisotopic (exact) mass is 227 g/mol. The molecule has 0 aliphatic rings. The summed E-state index contributed by atoms with van der Waals surface area (Å²) in [6, 6.07) is 0. The van der Waals surface area contributed by atoms with Gasteiger partial charge in [0.15, 0.2) is 0 Å². The van der Waals surface area contributed by atoms with Gasteiger partial charge in [-0.1, -0.05) is 12.2 Å². The number of ether oxygens (including phenoxy) is 1. The summed E-state index contributed by atoms with van der Waals surface area (Å²) in [4.78, 5) is 27.1. The molecule has 0 saturated carbocycles. The minimum absolute atomic E-state index is 0.268. The quantitative estimate of drug-likeness (QED) is 0.305. The van der Waals surface area contributed by atoms with Gasteiger partial charge in [0.05, 0.1) is 13.7 Å². The molecule has 1 amide bonds. The summed E-state index contributed by atoms with van der Waals surface area (Å²) in [5.41, 5.74) is 0.463. The fraction of sp³-hybridized carbons (Fsp3) is 0.455. The number of nitrogens with zero attached hydrogens (tertiary/aromatic N) is 1. The minimum atomic E-state index is -0.431. The molecule has 0 aliphatic carbocycles. The van der Waals surface area contributed by atoms with Crippen molar-refractivity contribution < 1.29 is 19.2 Å². The van der Waals surface area contributed by atoms with E-state index in [1.54, 1.807) is 13.8 Å². The van der Waals surface area contributed by atoms with Gasteiger partial charge in [-0.2, -0.15) is 0 Å².